The van der Waals surface area contributed by atoms with Gasteiger partial charge in [0.2, 0.25) is 10.0 Å². The molecule has 0 spiro atoms. The molecule has 0 saturated carbocycles. The van der Waals surface area contributed by atoms with Crippen molar-refractivity contribution in [1.82, 2.24) is 24.3 Å². The summed E-state index contributed by atoms with van der Waals surface area (Å²) in [4.78, 5) is 16.6. The van der Waals surface area contributed by atoms with E-state index in [1.807, 2.05) is 39.0 Å². The van der Waals surface area contributed by atoms with E-state index in [1.54, 1.807) is 37.0 Å². The number of carboxylic acids is 1. The third-order valence-corrected chi connectivity index (χ3v) is 9.12. The van der Waals surface area contributed by atoms with Crippen molar-refractivity contribution in [3.8, 4) is 0 Å². The molecular weight excluding hydrogens is 518 g/mol. The molecular formula is C28H37N5O5S. The highest BCUT2D eigenvalue weighted by molar-refractivity contribution is 7.89. The summed E-state index contributed by atoms with van der Waals surface area (Å²) >= 11 is 0. The first-order chi connectivity index (χ1) is 18.4. The number of carboxylic acid groups (broad SMARTS) is 1. The van der Waals surface area contributed by atoms with Crippen LogP contribution in [-0.4, -0.2) is 50.3 Å². The Bertz CT molecular complexity index is 1440. The van der Waals surface area contributed by atoms with Crippen molar-refractivity contribution >= 4 is 16.0 Å². The third-order valence-electron chi connectivity index (χ3n) is 7.24. The van der Waals surface area contributed by atoms with E-state index in [9.17, 15) is 18.3 Å². The zero-order valence-electron chi connectivity index (χ0n) is 23.2. The molecule has 1 aliphatic heterocycles. The molecule has 11 heteroatoms. The number of benzene rings is 1. The summed E-state index contributed by atoms with van der Waals surface area (Å²) in [6.07, 6.45) is 5.60. The number of carbonyl (C=O) groups is 1. The molecule has 0 amide bonds. The number of sulfonamides is 1. The van der Waals surface area contributed by atoms with Crippen molar-refractivity contribution in [3.63, 3.8) is 0 Å². The lowest BCUT2D eigenvalue weighted by atomic mass is 9.81. The first-order valence-corrected chi connectivity index (χ1v) is 14.6. The second-order valence-corrected chi connectivity index (χ2v) is 12.9. The van der Waals surface area contributed by atoms with Crippen LogP contribution in [0.2, 0.25) is 0 Å². The number of aliphatic carboxylic acids is 1. The normalized spacial score (nSPS) is 18.3. The van der Waals surface area contributed by atoms with E-state index < -0.39 is 27.5 Å². The van der Waals surface area contributed by atoms with E-state index in [-0.39, 0.29) is 24.0 Å². The first kappa shape index (κ1) is 28.8. The number of aryl methyl sites for hydroxylation is 2. The van der Waals surface area contributed by atoms with E-state index in [0.717, 1.165) is 29.7 Å². The van der Waals surface area contributed by atoms with Crippen molar-refractivity contribution in [2.45, 2.75) is 78.2 Å². The van der Waals surface area contributed by atoms with Crippen molar-refractivity contribution in [3.05, 3.63) is 70.8 Å². The fourth-order valence-corrected chi connectivity index (χ4v) is 6.66. The van der Waals surface area contributed by atoms with E-state index in [4.69, 9.17) is 4.74 Å². The van der Waals surface area contributed by atoms with Gasteiger partial charge in [-0.15, -0.1) is 5.10 Å². The van der Waals surface area contributed by atoms with Gasteiger partial charge in [0.1, 0.15) is 10.6 Å². The van der Waals surface area contributed by atoms with Gasteiger partial charge in [-0.3, -0.25) is 14.5 Å². The van der Waals surface area contributed by atoms with Crippen LogP contribution in [0.1, 0.15) is 68.2 Å². The highest BCUT2D eigenvalue weighted by Crippen LogP contribution is 2.39. The summed E-state index contributed by atoms with van der Waals surface area (Å²) in [6.45, 7) is 10.6. The Balaban J connectivity index is 1.65. The second-order valence-electron chi connectivity index (χ2n) is 11.0. The summed E-state index contributed by atoms with van der Waals surface area (Å²) in [5.74, 6) is -0.882. The van der Waals surface area contributed by atoms with E-state index in [0.29, 0.717) is 24.2 Å². The maximum absolute atomic E-state index is 13.6. The van der Waals surface area contributed by atoms with Crippen LogP contribution < -0.4 is 0 Å². The average Bonchev–Trinajstić information content (AvgIpc) is 3.29. The number of fused-ring (bicyclic) bond motifs is 1. The van der Waals surface area contributed by atoms with Crippen LogP contribution in [0.3, 0.4) is 0 Å². The average molecular weight is 556 g/mol. The molecule has 2 aromatic heterocycles. The molecule has 2 atom stereocenters. The molecule has 4 rings (SSSR count). The molecule has 10 nitrogen and oxygen atoms in total. The van der Waals surface area contributed by atoms with Gasteiger partial charge >= 0.3 is 5.97 Å². The molecule has 0 unspecified atom stereocenters. The number of aromatic nitrogens is 4. The Hall–Kier alpha value is -3.15. The standard InChI is InChI=1S/C28H37N5O5S/c1-6-11-32-17-24(30-31-32)18-38-26(28(4,5)27(34)35)22-8-7-20(3)23(13-22)16-33-15-19(2)12-21-9-10-29-14-25(21)39(33,36)37/h7-10,13-14,17,19,26H,6,11-12,15-16,18H2,1-5H3,(H,34,35)/t19-,26-/m1/s1. The Kier molecular flexibility index (Phi) is 8.53. The monoisotopic (exact) mass is 555 g/mol. The molecule has 210 valence electrons. The topological polar surface area (TPSA) is 128 Å². The fourth-order valence-electron chi connectivity index (χ4n) is 4.94. The minimum absolute atomic E-state index is 0.0934. The molecule has 1 N–H and O–H groups in total. The largest absolute Gasteiger partial charge is 0.481 e. The molecule has 0 saturated heterocycles. The fraction of sp³-hybridized carbons (Fsp3) is 0.500. The lowest BCUT2D eigenvalue weighted by Gasteiger charge is -2.31. The number of ether oxygens (including phenoxy) is 1. The smallest absolute Gasteiger partial charge is 0.312 e. The van der Waals surface area contributed by atoms with Crippen LogP contribution in [0.15, 0.2) is 47.8 Å². The molecule has 0 fully saturated rings. The van der Waals surface area contributed by atoms with Crippen LogP contribution in [0, 0.1) is 18.3 Å². The van der Waals surface area contributed by atoms with Crippen LogP contribution in [0.25, 0.3) is 0 Å². The Morgan fingerprint density at radius 1 is 1.28 bits per heavy atom. The third kappa shape index (κ3) is 6.21. The van der Waals surface area contributed by atoms with Crippen LogP contribution >= 0.6 is 0 Å². The Morgan fingerprint density at radius 3 is 2.77 bits per heavy atom. The quantitative estimate of drug-likeness (QED) is 0.395. The number of rotatable bonds is 10. The molecule has 1 aliphatic rings. The molecule has 3 aromatic rings. The molecule has 0 bridgehead atoms. The lowest BCUT2D eigenvalue weighted by Crippen LogP contribution is -2.34. The van der Waals surface area contributed by atoms with Gasteiger partial charge in [-0.25, -0.2) is 8.42 Å². The molecule has 39 heavy (non-hydrogen) atoms. The van der Waals surface area contributed by atoms with Crippen molar-refractivity contribution in [2.75, 3.05) is 6.54 Å². The maximum atomic E-state index is 13.6. The van der Waals surface area contributed by atoms with Gasteiger partial charge in [-0.2, -0.15) is 4.31 Å². The van der Waals surface area contributed by atoms with Gasteiger partial charge in [0.25, 0.3) is 0 Å². The lowest BCUT2D eigenvalue weighted by molar-refractivity contribution is -0.158. The number of hydrogen-bond acceptors (Lipinski definition) is 7. The van der Waals surface area contributed by atoms with Crippen LogP contribution in [-0.2, 0) is 45.7 Å². The minimum Gasteiger partial charge on any atom is -0.481 e. The van der Waals surface area contributed by atoms with Gasteiger partial charge in [-0.05, 0) is 67.9 Å². The molecule has 1 aromatic carbocycles. The van der Waals surface area contributed by atoms with Crippen LogP contribution in [0.5, 0.6) is 0 Å². The number of hydrogen-bond donors (Lipinski definition) is 1. The van der Waals surface area contributed by atoms with Gasteiger partial charge in [0, 0.05) is 32.0 Å². The van der Waals surface area contributed by atoms with Crippen molar-refractivity contribution in [1.29, 1.82) is 0 Å². The van der Waals surface area contributed by atoms with Gasteiger partial charge < -0.3 is 9.84 Å². The summed E-state index contributed by atoms with van der Waals surface area (Å²) in [7, 11) is -3.76. The van der Waals surface area contributed by atoms with Crippen molar-refractivity contribution in [2.24, 2.45) is 11.3 Å². The summed E-state index contributed by atoms with van der Waals surface area (Å²) in [6, 6.07) is 7.38. The Morgan fingerprint density at radius 2 is 2.05 bits per heavy atom. The minimum atomic E-state index is -3.76. The predicted molar refractivity (Wildman–Crippen MR) is 145 cm³/mol. The van der Waals surface area contributed by atoms with Crippen molar-refractivity contribution < 1.29 is 23.1 Å². The van der Waals surface area contributed by atoms with E-state index in [1.165, 1.54) is 10.5 Å². The molecule has 3 heterocycles. The number of nitrogens with zero attached hydrogens (tertiary/aromatic N) is 5. The maximum Gasteiger partial charge on any atom is 0.312 e. The van der Waals surface area contributed by atoms with Gasteiger partial charge in [0.05, 0.1) is 24.3 Å². The summed E-state index contributed by atoms with van der Waals surface area (Å²) < 4.78 is 36.7. The highest BCUT2D eigenvalue weighted by Gasteiger charge is 2.40. The highest BCUT2D eigenvalue weighted by atomic mass is 32.2. The first-order valence-electron chi connectivity index (χ1n) is 13.2. The number of pyridine rings is 1. The van der Waals surface area contributed by atoms with Crippen LogP contribution in [0.4, 0.5) is 0 Å². The zero-order chi connectivity index (χ0) is 28.4. The Labute approximate surface area is 230 Å². The molecule has 0 radical (unpaired) electrons. The molecule has 0 aliphatic carbocycles. The summed E-state index contributed by atoms with van der Waals surface area (Å²) in [5.41, 5.74) is 2.48. The van der Waals surface area contributed by atoms with E-state index >= 15 is 0 Å². The summed E-state index contributed by atoms with van der Waals surface area (Å²) in [5, 5.41) is 18.3. The van der Waals surface area contributed by atoms with Gasteiger partial charge in [0.15, 0.2) is 0 Å². The SMILES string of the molecule is CCCn1cc(CO[C@H](c2ccc(C)c(CN3C[C@H](C)Cc4ccncc4S3(=O)=O)c2)C(C)(C)C(=O)O)nn1. The van der Waals surface area contributed by atoms with Gasteiger partial charge in [-0.1, -0.05) is 37.3 Å². The predicted octanol–water partition coefficient (Wildman–Crippen LogP) is 4.14. The second kappa shape index (κ2) is 11.5. The zero-order valence-corrected chi connectivity index (χ0v) is 24.0. The van der Waals surface area contributed by atoms with E-state index in [2.05, 4.69) is 15.3 Å².